The second kappa shape index (κ2) is 6.93. The van der Waals surface area contributed by atoms with Crippen LogP contribution in [0.2, 0.25) is 0 Å². The average molecular weight is 282 g/mol. The van der Waals surface area contributed by atoms with Crippen LogP contribution in [-0.2, 0) is 17.8 Å². The fraction of sp³-hybridized carbons (Fsp3) is 0.278. The molecule has 2 aromatic carbocycles. The molecule has 2 N–H and O–H groups in total. The first-order valence-corrected chi connectivity index (χ1v) is 7.19. The second-order valence-corrected chi connectivity index (χ2v) is 5.42. The third-order valence-electron chi connectivity index (χ3n) is 3.67. The molecule has 3 heteroatoms. The molecule has 0 spiro atoms. The molecule has 21 heavy (non-hydrogen) atoms. The van der Waals surface area contributed by atoms with Crippen LogP contribution in [0.15, 0.2) is 48.5 Å². The summed E-state index contributed by atoms with van der Waals surface area (Å²) in [6.07, 6.45) is 1.32. The third kappa shape index (κ3) is 4.35. The van der Waals surface area contributed by atoms with E-state index < -0.39 is 0 Å². The van der Waals surface area contributed by atoms with Crippen LogP contribution >= 0.6 is 0 Å². The van der Waals surface area contributed by atoms with Gasteiger partial charge in [-0.05, 0) is 42.2 Å². The first-order valence-electron chi connectivity index (χ1n) is 7.19. The Balaban J connectivity index is 1.90. The van der Waals surface area contributed by atoms with Gasteiger partial charge in [0.15, 0.2) is 0 Å². The zero-order chi connectivity index (χ0) is 15.2. The highest BCUT2D eigenvalue weighted by molar-refractivity contribution is 5.76. The number of nitrogens with zero attached hydrogens (tertiary/aromatic N) is 1. The van der Waals surface area contributed by atoms with Crippen molar-refractivity contribution in [1.82, 2.24) is 4.90 Å². The maximum absolute atomic E-state index is 12.2. The first kappa shape index (κ1) is 15.1. The van der Waals surface area contributed by atoms with Crippen molar-refractivity contribution < 1.29 is 4.79 Å². The van der Waals surface area contributed by atoms with Crippen LogP contribution in [0.5, 0.6) is 0 Å². The Morgan fingerprint density at radius 3 is 2.62 bits per heavy atom. The highest BCUT2D eigenvalue weighted by atomic mass is 16.2. The molecule has 0 bridgehead atoms. The maximum atomic E-state index is 12.2. The molecule has 1 amide bonds. The molecule has 0 unspecified atom stereocenters. The number of nitrogens with two attached hydrogens (primary N) is 1. The van der Waals surface area contributed by atoms with E-state index in [0.29, 0.717) is 13.0 Å². The lowest BCUT2D eigenvalue weighted by atomic mass is 10.0. The number of aryl methyl sites for hydroxylation is 2. The molecule has 0 saturated carbocycles. The monoisotopic (exact) mass is 282 g/mol. The van der Waals surface area contributed by atoms with Gasteiger partial charge in [-0.15, -0.1) is 0 Å². The lowest BCUT2D eigenvalue weighted by molar-refractivity contribution is -0.130. The van der Waals surface area contributed by atoms with Gasteiger partial charge in [-0.25, -0.2) is 0 Å². The topological polar surface area (TPSA) is 46.3 Å². The summed E-state index contributed by atoms with van der Waals surface area (Å²) in [5.74, 6) is 0.153. The van der Waals surface area contributed by atoms with E-state index in [9.17, 15) is 4.79 Å². The number of hydrogen-bond acceptors (Lipinski definition) is 2. The van der Waals surface area contributed by atoms with Crippen molar-refractivity contribution in [2.75, 3.05) is 12.8 Å². The number of carbonyl (C=O) groups excluding carboxylic acids is 1. The number of carbonyl (C=O) groups is 1. The fourth-order valence-electron chi connectivity index (χ4n) is 2.38. The van der Waals surface area contributed by atoms with E-state index in [0.717, 1.165) is 17.7 Å². The number of benzene rings is 2. The minimum Gasteiger partial charge on any atom is -0.399 e. The summed E-state index contributed by atoms with van der Waals surface area (Å²) in [5, 5.41) is 0. The Morgan fingerprint density at radius 1 is 1.14 bits per heavy atom. The van der Waals surface area contributed by atoms with Crippen LogP contribution in [0.1, 0.15) is 23.1 Å². The fourth-order valence-corrected chi connectivity index (χ4v) is 2.38. The summed E-state index contributed by atoms with van der Waals surface area (Å²) < 4.78 is 0. The molecule has 0 heterocycles. The predicted molar refractivity (Wildman–Crippen MR) is 86.8 cm³/mol. The summed E-state index contributed by atoms with van der Waals surface area (Å²) in [6.45, 7) is 2.67. The van der Waals surface area contributed by atoms with Gasteiger partial charge in [0, 0.05) is 25.7 Å². The molecular weight excluding hydrogens is 260 g/mol. The number of anilines is 1. The first-order chi connectivity index (χ1) is 10.1. The lowest BCUT2D eigenvalue weighted by Gasteiger charge is -2.18. The molecule has 0 saturated heterocycles. The Morgan fingerprint density at radius 2 is 1.90 bits per heavy atom. The molecule has 2 rings (SSSR count). The van der Waals surface area contributed by atoms with Crippen molar-refractivity contribution in [2.24, 2.45) is 0 Å². The van der Waals surface area contributed by atoms with Crippen molar-refractivity contribution in [1.29, 1.82) is 0 Å². The Kier molecular flexibility index (Phi) is 4.99. The molecule has 3 nitrogen and oxygen atoms in total. The normalized spacial score (nSPS) is 10.4. The van der Waals surface area contributed by atoms with Gasteiger partial charge in [-0.1, -0.05) is 36.4 Å². The van der Waals surface area contributed by atoms with Gasteiger partial charge in [-0.2, -0.15) is 0 Å². The molecule has 0 aromatic heterocycles. The molecule has 110 valence electrons. The van der Waals surface area contributed by atoms with Gasteiger partial charge in [-0.3, -0.25) is 4.79 Å². The summed E-state index contributed by atoms with van der Waals surface area (Å²) >= 11 is 0. The van der Waals surface area contributed by atoms with E-state index in [1.54, 1.807) is 4.90 Å². The van der Waals surface area contributed by atoms with Crippen molar-refractivity contribution in [3.8, 4) is 0 Å². The molecule has 0 aliphatic carbocycles. The quantitative estimate of drug-likeness (QED) is 0.856. The highest BCUT2D eigenvalue weighted by Gasteiger charge is 2.10. The van der Waals surface area contributed by atoms with Gasteiger partial charge in [0.05, 0.1) is 0 Å². The number of hydrogen-bond donors (Lipinski definition) is 1. The second-order valence-electron chi connectivity index (χ2n) is 5.42. The average Bonchev–Trinajstić information content (AvgIpc) is 2.46. The summed E-state index contributed by atoms with van der Waals surface area (Å²) in [5.41, 5.74) is 10.0. The van der Waals surface area contributed by atoms with Crippen molar-refractivity contribution in [2.45, 2.75) is 26.3 Å². The smallest absolute Gasteiger partial charge is 0.222 e. The summed E-state index contributed by atoms with van der Waals surface area (Å²) in [6, 6.07) is 15.9. The number of rotatable bonds is 5. The molecule has 0 radical (unpaired) electrons. The van der Waals surface area contributed by atoms with Crippen molar-refractivity contribution in [3.05, 3.63) is 65.2 Å². The Labute approximate surface area is 126 Å². The Hall–Kier alpha value is -2.29. The SMILES string of the molecule is Cc1ccccc1CCC(=O)N(C)Cc1cccc(N)c1. The van der Waals surface area contributed by atoms with Crippen molar-refractivity contribution >= 4 is 11.6 Å². The molecule has 0 aliphatic heterocycles. The maximum Gasteiger partial charge on any atom is 0.222 e. The van der Waals surface area contributed by atoms with Gasteiger partial charge in [0.2, 0.25) is 5.91 Å². The van der Waals surface area contributed by atoms with E-state index in [1.807, 2.05) is 43.4 Å². The standard InChI is InChI=1S/C18H22N2O/c1-14-6-3-4-8-16(14)10-11-18(21)20(2)13-15-7-5-9-17(19)12-15/h3-9,12H,10-11,13,19H2,1-2H3. The lowest BCUT2D eigenvalue weighted by Crippen LogP contribution is -2.26. The molecular formula is C18H22N2O. The minimum absolute atomic E-state index is 0.153. The zero-order valence-electron chi connectivity index (χ0n) is 12.7. The molecule has 2 aromatic rings. The van der Waals surface area contributed by atoms with E-state index in [2.05, 4.69) is 19.1 Å². The van der Waals surface area contributed by atoms with Crippen LogP contribution in [-0.4, -0.2) is 17.9 Å². The highest BCUT2D eigenvalue weighted by Crippen LogP contribution is 2.12. The van der Waals surface area contributed by atoms with Crippen LogP contribution < -0.4 is 5.73 Å². The van der Waals surface area contributed by atoms with Gasteiger partial charge in [0.25, 0.3) is 0 Å². The van der Waals surface area contributed by atoms with Crippen LogP contribution in [0.25, 0.3) is 0 Å². The van der Waals surface area contributed by atoms with Crippen molar-refractivity contribution in [3.63, 3.8) is 0 Å². The molecule has 0 atom stereocenters. The molecule has 0 fully saturated rings. The number of nitrogen functional groups attached to an aromatic ring is 1. The summed E-state index contributed by atoms with van der Waals surface area (Å²) in [7, 11) is 1.84. The van der Waals surface area contributed by atoms with E-state index in [1.165, 1.54) is 11.1 Å². The van der Waals surface area contributed by atoms with Gasteiger partial charge >= 0.3 is 0 Å². The minimum atomic E-state index is 0.153. The zero-order valence-corrected chi connectivity index (χ0v) is 12.7. The largest absolute Gasteiger partial charge is 0.399 e. The Bertz CT molecular complexity index is 622. The summed E-state index contributed by atoms with van der Waals surface area (Å²) in [4.78, 5) is 14.0. The third-order valence-corrected chi connectivity index (χ3v) is 3.67. The van der Waals surface area contributed by atoms with Crippen LogP contribution in [0, 0.1) is 6.92 Å². The van der Waals surface area contributed by atoms with Crippen LogP contribution in [0.3, 0.4) is 0 Å². The van der Waals surface area contributed by atoms with E-state index in [4.69, 9.17) is 5.73 Å². The van der Waals surface area contributed by atoms with E-state index in [-0.39, 0.29) is 5.91 Å². The number of amides is 1. The van der Waals surface area contributed by atoms with Gasteiger partial charge in [0.1, 0.15) is 0 Å². The molecule has 0 aliphatic rings. The predicted octanol–water partition coefficient (Wildman–Crippen LogP) is 3.17. The van der Waals surface area contributed by atoms with Crippen LogP contribution in [0.4, 0.5) is 5.69 Å². The van der Waals surface area contributed by atoms with Gasteiger partial charge < -0.3 is 10.6 Å². The van der Waals surface area contributed by atoms with E-state index >= 15 is 0 Å².